The number of carbonyl (C=O) groups excluding carboxylic acids is 2. The lowest BCUT2D eigenvalue weighted by Crippen LogP contribution is -2.54. The van der Waals surface area contributed by atoms with Gasteiger partial charge in [0.2, 0.25) is 11.8 Å². The van der Waals surface area contributed by atoms with E-state index in [1.54, 1.807) is 24.3 Å². The fourth-order valence-corrected chi connectivity index (χ4v) is 3.52. The normalized spacial score (nSPS) is 16.8. The first-order chi connectivity index (χ1) is 13.2. The van der Waals surface area contributed by atoms with Crippen LogP contribution in [-0.2, 0) is 9.59 Å². The summed E-state index contributed by atoms with van der Waals surface area (Å²) in [7, 11) is 0. The fourth-order valence-electron chi connectivity index (χ4n) is 3.28. The summed E-state index contributed by atoms with van der Waals surface area (Å²) >= 11 is 6.25. The van der Waals surface area contributed by atoms with Gasteiger partial charge in [-0.15, -0.1) is 0 Å². The molecule has 148 valence electrons. The van der Waals surface area contributed by atoms with Crippen molar-refractivity contribution in [2.24, 2.45) is 0 Å². The van der Waals surface area contributed by atoms with Crippen molar-refractivity contribution in [1.29, 1.82) is 0 Å². The summed E-state index contributed by atoms with van der Waals surface area (Å²) in [6.07, 6.45) is -0.929. The molecule has 0 heterocycles. The summed E-state index contributed by atoms with van der Waals surface area (Å²) < 4.78 is 40.0. The number of carbonyl (C=O) groups is 2. The first-order valence-corrected chi connectivity index (χ1v) is 9.04. The van der Waals surface area contributed by atoms with Crippen LogP contribution in [0.2, 0.25) is 5.02 Å². The molecule has 4 nitrogen and oxygen atoms in total. The molecule has 8 heteroatoms. The van der Waals surface area contributed by atoms with Gasteiger partial charge in [-0.25, -0.2) is 13.2 Å². The van der Waals surface area contributed by atoms with Crippen molar-refractivity contribution in [3.63, 3.8) is 0 Å². The van der Waals surface area contributed by atoms with Crippen LogP contribution in [0.5, 0.6) is 0 Å². The first-order valence-electron chi connectivity index (χ1n) is 8.66. The van der Waals surface area contributed by atoms with Crippen LogP contribution < -0.4 is 10.2 Å². The quantitative estimate of drug-likeness (QED) is 0.789. The SMILES string of the molecule is CC(=O)N(c1cccc(F)c1)C(C(=O)NC1CC(F)(F)C1)c1ccccc1Cl. The molecule has 2 aromatic rings. The number of anilines is 1. The van der Waals surface area contributed by atoms with Gasteiger partial charge in [-0.1, -0.05) is 35.9 Å². The molecule has 1 N–H and O–H groups in total. The molecule has 1 atom stereocenters. The Bertz CT molecular complexity index is 899. The Balaban J connectivity index is 2.00. The van der Waals surface area contributed by atoms with Gasteiger partial charge in [0.15, 0.2) is 0 Å². The summed E-state index contributed by atoms with van der Waals surface area (Å²) in [5.74, 6) is -4.57. The van der Waals surface area contributed by atoms with Crippen molar-refractivity contribution in [2.75, 3.05) is 4.90 Å². The minimum atomic E-state index is -2.80. The zero-order valence-electron chi connectivity index (χ0n) is 15.0. The number of nitrogens with zero attached hydrogens (tertiary/aromatic N) is 1. The van der Waals surface area contributed by atoms with E-state index in [-0.39, 0.29) is 10.7 Å². The van der Waals surface area contributed by atoms with Gasteiger partial charge in [0, 0.05) is 42.1 Å². The largest absolute Gasteiger partial charge is 0.351 e. The number of nitrogens with one attached hydrogen (secondary N) is 1. The fraction of sp³-hybridized carbons (Fsp3) is 0.300. The number of benzene rings is 2. The van der Waals surface area contributed by atoms with Crippen molar-refractivity contribution in [1.82, 2.24) is 5.32 Å². The third-order valence-corrected chi connectivity index (χ3v) is 4.91. The monoisotopic (exact) mass is 410 g/mol. The number of hydrogen-bond acceptors (Lipinski definition) is 2. The van der Waals surface area contributed by atoms with Crippen LogP contribution in [0, 0.1) is 5.82 Å². The zero-order valence-corrected chi connectivity index (χ0v) is 15.7. The van der Waals surface area contributed by atoms with E-state index in [1.165, 1.54) is 25.1 Å². The van der Waals surface area contributed by atoms with Crippen LogP contribution in [0.1, 0.15) is 31.4 Å². The molecular weight excluding hydrogens is 393 g/mol. The van der Waals surface area contributed by atoms with E-state index in [4.69, 9.17) is 11.6 Å². The van der Waals surface area contributed by atoms with Gasteiger partial charge in [0.25, 0.3) is 5.92 Å². The third-order valence-electron chi connectivity index (χ3n) is 4.57. The van der Waals surface area contributed by atoms with E-state index in [0.717, 1.165) is 11.0 Å². The second kappa shape index (κ2) is 7.83. The molecule has 0 bridgehead atoms. The van der Waals surface area contributed by atoms with E-state index in [2.05, 4.69) is 5.32 Å². The molecule has 1 saturated carbocycles. The molecule has 0 aromatic heterocycles. The number of rotatable bonds is 5. The molecule has 3 rings (SSSR count). The molecule has 0 saturated heterocycles. The van der Waals surface area contributed by atoms with Crippen molar-refractivity contribution in [3.05, 3.63) is 64.9 Å². The number of alkyl halides is 2. The second-order valence-electron chi connectivity index (χ2n) is 6.76. The molecule has 1 aliphatic rings. The van der Waals surface area contributed by atoms with Crippen LogP contribution >= 0.6 is 11.6 Å². The van der Waals surface area contributed by atoms with E-state index in [1.807, 2.05) is 0 Å². The average Bonchev–Trinajstić information content (AvgIpc) is 2.58. The molecular formula is C20H18ClF3N2O2. The van der Waals surface area contributed by atoms with Gasteiger partial charge >= 0.3 is 0 Å². The van der Waals surface area contributed by atoms with Crippen LogP contribution in [-0.4, -0.2) is 23.8 Å². The van der Waals surface area contributed by atoms with E-state index in [9.17, 15) is 22.8 Å². The average molecular weight is 411 g/mol. The Hall–Kier alpha value is -2.54. The van der Waals surface area contributed by atoms with E-state index >= 15 is 0 Å². The summed E-state index contributed by atoms with van der Waals surface area (Å²) in [5.41, 5.74) is 0.471. The Morgan fingerprint density at radius 3 is 2.43 bits per heavy atom. The molecule has 1 fully saturated rings. The standard InChI is InChI=1S/C20H18ClF3N2O2/c1-12(27)26(15-6-4-5-13(22)9-15)18(16-7-2-3-8-17(16)21)19(28)25-14-10-20(23,24)11-14/h2-9,14,18H,10-11H2,1H3,(H,25,28). The molecule has 1 unspecified atom stereocenters. The first kappa shape index (κ1) is 20.2. The maximum Gasteiger partial charge on any atom is 0.252 e. The third kappa shape index (κ3) is 4.30. The van der Waals surface area contributed by atoms with Gasteiger partial charge in [-0.05, 0) is 24.3 Å². The molecule has 2 aromatic carbocycles. The van der Waals surface area contributed by atoms with Gasteiger partial charge in [0.1, 0.15) is 11.9 Å². The van der Waals surface area contributed by atoms with Crippen molar-refractivity contribution < 1.29 is 22.8 Å². The number of amides is 2. The van der Waals surface area contributed by atoms with Crippen LogP contribution in [0.15, 0.2) is 48.5 Å². The molecule has 0 radical (unpaired) electrons. The Kier molecular flexibility index (Phi) is 5.65. The highest BCUT2D eigenvalue weighted by Crippen LogP contribution is 2.38. The lowest BCUT2D eigenvalue weighted by atomic mass is 9.87. The predicted molar refractivity (Wildman–Crippen MR) is 99.9 cm³/mol. The highest BCUT2D eigenvalue weighted by Gasteiger charge is 2.47. The van der Waals surface area contributed by atoms with E-state index < -0.39 is 48.5 Å². The summed E-state index contributed by atoms with van der Waals surface area (Å²) in [6, 6.07) is 9.72. The maximum absolute atomic E-state index is 13.7. The topological polar surface area (TPSA) is 49.4 Å². The summed E-state index contributed by atoms with van der Waals surface area (Å²) in [4.78, 5) is 26.5. The van der Waals surface area contributed by atoms with Gasteiger partial charge in [0.05, 0.1) is 0 Å². The number of halogens is 4. The summed E-state index contributed by atoms with van der Waals surface area (Å²) in [5, 5.41) is 2.78. The van der Waals surface area contributed by atoms with Gasteiger partial charge in [-0.2, -0.15) is 0 Å². The molecule has 0 aliphatic heterocycles. The van der Waals surface area contributed by atoms with Gasteiger partial charge in [-0.3, -0.25) is 14.5 Å². The molecule has 28 heavy (non-hydrogen) atoms. The highest BCUT2D eigenvalue weighted by molar-refractivity contribution is 6.31. The predicted octanol–water partition coefficient (Wildman–Crippen LogP) is 4.49. The smallest absolute Gasteiger partial charge is 0.252 e. The Morgan fingerprint density at radius 1 is 1.18 bits per heavy atom. The second-order valence-corrected chi connectivity index (χ2v) is 7.17. The minimum Gasteiger partial charge on any atom is -0.351 e. The van der Waals surface area contributed by atoms with Crippen LogP contribution in [0.4, 0.5) is 18.9 Å². The summed E-state index contributed by atoms with van der Waals surface area (Å²) in [6.45, 7) is 1.24. The molecule has 2 amide bonds. The lowest BCUT2D eigenvalue weighted by molar-refractivity contribution is -0.132. The minimum absolute atomic E-state index is 0.159. The molecule has 0 spiro atoms. The Morgan fingerprint density at radius 2 is 1.86 bits per heavy atom. The zero-order chi connectivity index (χ0) is 20.5. The molecule has 1 aliphatic carbocycles. The number of hydrogen-bond donors (Lipinski definition) is 1. The lowest BCUT2D eigenvalue weighted by Gasteiger charge is -2.38. The van der Waals surface area contributed by atoms with E-state index in [0.29, 0.717) is 5.56 Å². The van der Waals surface area contributed by atoms with Crippen LogP contribution in [0.3, 0.4) is 0 Å². The highest BCUT2D eigenvalue weighted by atomic mass is 35.5. The maximum atomic E-state index is 13.7. The van der Waals surface area contributed by atoms with Crippen LogP contribution in [0.25, 0.3) is 0 Å². The van der Waals surface area contributed by atoms with Crippen molar-refractivity contribution >= 4 is 29.1 Å². The van der Waals surface area contributed by atoms with Crippen molar-refractivity contribution in [3.8, 4) is 0 Å². The Labute approximate surface area is 165 Å². The van der Waals surface area contributed by atoms with Crippen molar-refractivity contribution in [2.45, 2.75) is 37.8 Å². The van der Waals surface area contributed by atoms with Gasteiger partial charge < -0.3 is 5.32 Å².